The van der Waals surface area contributed by atoms with Crippen LogP contribution in [0.3, 0.4) is 0 Å². The van der Waals surface area contributed by atoms with Crippen molar-refractivity contribution in [2.24, 2.45) is 0 Å². The summed E-state index contributed by atoms with van der Waals surface area (Å²) in [7, 11) is -0.119. The average Bonchev–Trinajstić information content (AvgIpc) is 2.61. The minimum absolute atomic E-state index is 0.126. The van der Waals surface area contributed by atoms with Gasteiger partial charge in [0.15, 0.2) is 0 Å². The van der Waals surface area contributed by atoms with E-state index < -0.39 is 40.5 Å². The molecule has 0 bridgehead atoms. The summed E-state index contributed by atoms with van der Waals surface area (Å²) in [6.07, 6.45) is -5.53. The van der Waals surface area contributed by atoms with Crippen LogP contribution in [0.1, 0.15) is 13.3 Å². The van der Waals surface area contributed by atoms with Gasteiger partial charge in [-0.3, -0.25) is 9.00 Å². The number of hydrogen-bond donors (Lipinski definition) is 0. The number of carbonyl (C=O) groups excluding carboxylic acids is 1. The van der Waals surface area contributed by atoms with Crippen LogP contribution >= 0.6 is 0 Å². The quantitative estimate of drug-likeness (QED) is 0.788. The largest absolute Gasteiger partial charge is 0.471 e. The highest BCUT2D eigenvalue weighted by atomic mass is 32.2. The van der Waals surface area contributed by atoms with E-state index in [1.165, 1.54) is 14.0 Å². The van der Waals surface area contributed by atoms with Crippen molar-refractivity contribution in [2.45, 2.75) is 42.0 Å². The molecular formula is C16H20F3NO4S. The molecule has 0 saturated carbocycles. The lowest BCUT2D eigenvalue weighted by atomic mass is 10.0. The number of methoxy groups -OCH3 is 1. The first-order chi connectivity index (χ1) is 11.8. The van der Waals surface area contributed by atoms with E-state index in [9.17, 15) is 22.2 Å². The van der Waals surface area contributed by atoms with Crippen molar-refractivity contribution in [1.29, 1.82) is 0 Å². The molecule has 0 N–H and O–H groups in total. The minimum Gasteiger partial charge on any atom is -0.379 e. The summed E-state index contributed by atoms with van der Waals surface area (Å²) in [4.78, 5) is 12.9. The molecule has 1 aromatic carbocycles. The fraction of sp³-hybridized carbons (Fsp3) is 0.562. The van der Waals surface area contributed by atoms with Gasteiger partial charge in [0.2, 0.25) is 0 Å². The molecule has 1 amide bonds. The molecule has 5 nitrogen and oxygen atoms in total. The SMILES string of the molecule is CCN(C(=O)C(F)(F)F)[C@H]1COC(S(=O)c2ccccc2)C[C@@H]1OC. The molecule has 25 heavy (non-hydrogen) atoms. The molecule has 1 aliphatic heterocycles. The van der Waals surface area contributed by atoms with Crippen LogP contribution in [0.2, 0.25) is 0 Å². The zero-order valence-electron chi connectivity index (χ0n) is 13.9. The van der Waals surface area contributed by atoms with Gasteiger partial charge in [-0.05, 0) is 19.1 Å². The molecule has 1 heterocycles. The summed E-state index contributed by atoms with van der Waals surface area (Å²) in [6, 6.07) is 7.78. The van der Waals surface area contributed by atoms with Gasteiger partial charge in [0, 0.05) is 25.0 Å². The Balaban J connectivity index is 2.13. The lowest BCUT2D eigenvalue weighted by Gasteiger charge is -2.41. The maximum Gasteiger partial charge on any atom is 0.471 e. The molecule has 1 saturated heterocycles. The van der Waals surface area contributed by atoms with Gasteiger partial charge in [0.25, 0.3) is 0 Å². The highest BCUT2D eigenvalue weighted by molar-refractivity contribution is 7.85. The van der Waals surface area contributed by atoms with Gasteiger partial charge in [-0.15, -0.1) is 0 Å². The number of halogens is 3. The Morgan fingerprint density at radius 2 is 2.00 bits per heavy atom. The number of likely N-dealkylation sites (N-methyl/N-ethyl adjacent to an activating group) is 1. The molecule has 1 aromatic rings. The molecular weight excluding hydrogens is 359 g/mol. The summed E-state index contributed by atoms with van der Waals surface area (Å²) in [5, 5.41) is 0. The van der Waals surface area contributed by atoms with Crippen LogP contribution in [0.15, 0.2) is 35.2 Å². The molecule has 4 atom stereocenters. The molecule has 1 fully saturated rings. The van der Waals surface area contributed by atoms with Gasteiger partial charge in [-0.2, -0.15) is 13.2 Å². The molecule has 2 rings (SSSR count). The average molecular weight is 379 g/mol. The van der Waals surface area contributed by atoms with Crippen LogP contribution < -0.4 is 0 Å². The Bertz CT molecular complexity index is 611. The number of benzene rings is 1. The summed E-state index contributed by atoms with van der Waals surface area (Å²) in [5.41, 5.74) is -0.705. The fourth-order valence-electron chi connectivity index (χ4n) is 2.82. The van der Waals surface area contributed by atoms with Gasteiger partial charge in [-0.25, -0.2) is 0 Å². The van der Waals surface area contributed by atoms with E-state index in [0.717, 1.165) is 0 Å². The number of nitrogens with zero attached hydrogens (tertiary/aromatic N) is 1. The first-order valence-electron chi connectivity index (χ1n) is 7.77. The van der Waals surface area contributed by atoms with Crippen molar-refractivity contribution < 1.29 is 31.6 Å². The monoisotopic (exact) mass is 379 g/mol. The van der Waals surface area contributed by atoms with E-state index in [-0.39, 0.29) is 19.6 Å². The second kappa shape index (κ2) is 8.29. The third-order valence-corrected chi connectivity index (χ3v) is 5.61. The zero-order valence-corrected chi connectivity index (χ0v) is 14.7. The van der Waals surface area contributed by atoms with Gasteiger partial charge >= 0.3 is 12.1 Å². The van der Waals surface area contributed by atoms with Crippen molar-refractivity contribution in [3.63, 3.8) is 0 Å². The van der Waals surface area contributed by atoms with Gasteiger partial charge in [-0.1, -0.05) is 18.2 Å². The highest BCUT2D eigenvalue weighted by Gasteiger charge is 2.47. The van der Waals surface area contributed by atoms with Crippen molar-refractivity contribution in [3.05, 3.63) is 30.3 Å². The summed E-state index contributed by atoms with van der Waals surface area (Å²) in [6.45, 7) is 1.17. The molecule has 2 unspecified atom stereocenters. The standard InChI is InChI=1S/C16H20F3NO4S/c1-3-20(15(21)16(17,18)19)12-10-24-14(9-13(12)23-2)25(22)11-7-5-4-6-8-11/h4-8,12-14H,3,9-10H2,1-2H3/t12-,13-,14?,25?/m0/s1. The van der Waals surface area contributed by atoms with Crippen molar-refractivity contribution in [1.82, 2.24) is 4.90 Å². The molecule has 0 radical (unpaired) electrons. The number of alkyl halides is 3. The van der Waals surface area contributed by atoms with Crippen molar-refractivity contribution >= 4 is 16.7 Å². The molecule has 0 aromatic heterocycles. The number of carbonyl (C=O) groups is 1. The third-order valence-electron chi connectivity index (χ3n) is 4.07. The van der Waals surface area contributed by atoms with Gasteiger partial charge in [0.05, 0.1) is 29.6 Å². The Hall–Kier alpha value is -1.45. The van der Waals surface area contributed by atoms with Gasteiger partial charge in [0.1, 0.15) is 5.44 Å². The van der Waals surface area contributed by atoms with Crippen LogP contribution in [0.5, 0.6) is 0 Å². The Labute approximate surface area is 146 Å². The molecule has 0 aliphatic carbocycles. The Kier molecular flexibility index (Phi) is 6.59. The van der Waals surface area contributed by atoms with E-state index in [2.05, 4.69) is 0 Å². The number of hydrogen-bond acceptors (Lipinski definition) is 4. The smallest absolute Gasteiger partial charge is 0.379 e. The first-order valence-corrected chi connectivity index (χ1v) is 8.98. The number of rotatable bonds is 5. The summed E-state index contributed by atoms with van der Waals surface area (Å²) >= 11 is 0. The fourth-order valence-corrected chi connectivity index (χ4v) is 4.11. The van der Waals surface area contributed by atoms with E-state index in [1.807, 2.05) is 0 Å². The normalized spacial score (nSPS) is 25.4. The molecule has 140 valence electrons. The zero-order chi connectivity index (χ0) is 18.6. The van der Waals surface area contributed by atoms with Crippen LogP contribution in [0.4, 0.5) is 13.2 Å². The second-order valence-electron chi connectivity index (χ2n) is 5.54. The molecule has 1 aliphatic rings. The van der Waals surface area contributed by atoms with Crippen molar-refractivity contribution in [3.8, 4) is 0 Å². The molecule has 9 heteroatoms. The maximum atomic E-state index is 12.8. The van der Waals surface area contributed by atoms with E-state index >= 15 is 0 Å². The Morgan fingerprint density at radius 1 is 1.36 bits per heavy atom. The lowest BCUT2D eigenvalue weighted by molar-refractivity contribution is -0.194. The minimum atomic E-state index is -4.96. The lowest BCUT2D eigenvalue weighted by Crippen LogP contribution is -2.57. The van der Waals surface area contributed by atoms with Crippen LogP contribution in [0.25, 0.3) is 0 Å². The topological polar surface area (TPSA) is 55.8 Å². The highest BCUT2D eigenvalue weighted by Crippen LogP contribution is 2.28. The van der Waals surface area contributed by atoms with Crippen LogP contribution in [-0.2, 0) is 25.1 Å². The predicted octanol–water partition coefficient (Wildman–Crippen LogP) is 2.33. The van der Waals surface area contributed by atoms with Crippen molar-refractivity contribution in [2.75, 3.05) is 20.3 Å². The maximum absolute atomic E-state index is 12.8. The second-order valence-corrected chi connectivity index (χ2v) is 7.13. The van der Waals surface area contributed by atoms with Gasteiger partial charge < -0.3 is 14.4 Å². The summed E-state index contributed by atoms with van der Waals surface area (Å²) in [5.74, 6) is -1.92. The van der Waals surface area contributed by atoms with E-state index in [1.54, 1.807) is 30.3 Å². The first kappa shape index (κ1) is 19.9. The third kappa shape index (κ3) is 4.59. The summed E-state index contributed by atoms with van der Waals surface area (Å²) < 4.78 is 61.7. The predicted molar refractivity (Wildman–Crippen MR) is 85.2 cm³/mol. The van der Waals surface area contributed by atoms with E-state index in [0.29, 0.717) is 9.80 Å². The molecule has 0 spiro atoms. The van der Waals surface area contributed by atoms with E-state index in [4.69, 9.17) is 9.47 Å². The number of amides is 1. The number of ether oxygens (including phenoxy) is 2. The van der Waals surface area contributed by atoms with Crippen LogP contribution in [0, 0.1) is 0 Å². The van der Waals surface area contributed by atoms with Crippen LogP contribution in [-0.4, -0.2) is 59.0 Å². The Morgan fingerprint density at radius 3 is 2.52 bits per heavy atom.